The van der Waals surface area contributed by atoms with Crippen molar-refractivity contribution in [3.8, 4) is 5.75 Å². The molecular formula is C20H25NO6. The first kappa shape index (κ1) is 20.7. The van der Waals surface area contributed by atoms with Crippen molar-refractivity contribution in [2.75, 3.05) is 11.9 Å². The molecule has 2 rings (SSSR count). The molecular weight excluding hydrogens is 350 g/mol. The average molecular weight is 375 g/mol. The van der Waals surface area contributed by atoms with Crippen molar-refractivity contribution >= 4 is 23.5 Å². The lowest BCUT2D eigenvalue weighted by molar-refractivity contribution is -0.127. The van der Waals surface area contributed by atoms with E-state index < -0.39 is 30.1 Å². The number of fused-ring (bicyclic) bond motifs is 1. The molecule has 0 unspecified atom stereocenters. The number of rotatable bonds is 2. The van der Waals surface area contributed by atoms with Gasteiger partial charge in [-0.2, -0.15) is 0 Å². The highest BCUT2D eigenvalue weighted by atomic mass is 16.5. The number of ketones is 1. The van der Waals surface area contributed by atoms with Crippen molar-refractivity contribution in [3.63, 3.8) is 0 Å². The predicted molar refractivity (Wildman–Crippen MR) is 102 cm³/mol. The van der Waals surface area contributed by atoms with Gasteiger partial charge in [0, 0.05) is 24.7 Å². The van der Waals surface area contributed by atoms with Crippen molar-refractivity contribution < 1.29 is 29.6 Å². The minimum Gasteiger partial charge on any atom is -0.507 e. The zero-order valence-electron chi connectivity index (χ0n) is 15.4. The molecule has 0 amide bonds. The molecule has 0 bridgehead atoms. The molecule has 1 aromatic carbocycles. The molecule has 0 spiro atoms. The van der Waals surface area contributed by atoms with Gasteiger partial charge >= 0.3 is 5.97 Å². The summed E-state index contributed by atoms with van der Waals surface area (Å²) in [6.07, 6.45) is 2.61. The number of hydrogen-bond donors (Lipinski definition) is 4. The van der Waals surface area contributed by atoms with Crippen molar-refractivity contribution in [3.05, 3.63) is 41.5 Å². The van der Waals surface area contributed by atoms with Crippen LogP contribution in [0.3, 0.4) is 0 Å². The summed E-state index contributed by atoms with van der Waals surface area (Å²) in [5.74, 6) is -1.51. The first-order valence-electron chi connectivity index (χ1n) is 8.88. The molecule has 0 saturated carbocycles. The van der Waals surface area contributed by atoms with Crippen molar-refractivity contribution in [2.45, 2.75) is 45.0 Å². The number of esters is 1. The van der Waals surface area contributed by atoms with Gasteiger partial charge in [0.25, 0.3) is 0 Å². The van der Waals surface area contributed by atoms with Gasteiger partial charge < -0.3 is 25.4 Å². The fraction of sp³-hybridized carbons (Fsp3) is 0.400. The number of carbonyl (C=O) groups excluding carboxylic acids is 2. The molecule has 0 radical (unpaired) electrons. The maximum absolute atomic E-state index is 12.5. The van der Waals surface area contributed by atoms with Crippen LogP contribution >= 0.6 is 0 Å². The molecule has 7 nitrogen and oxygen atoms in total. The fourth-order valence-electron chi connectivity index (χ4n) is 2.73. The Bertz CT molecular complexity index is 755. The first-order chi connectivity index (χ1) is 12.8. The van der Waals surface area contributed by atoms with E-state index in [0.29, 0.717) is 17.8 Å². The topological polar surface area (TPSA) is 116 Å². The van der Waals surface area contributed by atoms with Crippen LogP contribution in [-0.4, -0.2) is 51.9 Å². The van der Waals surface area contributed by atoms with Crippen molar-refractivity contribution in [1.29, 1.82) is 0 Å². The third-order valence-electron chi connectivity index (χ3n) is 4.12. The summed E-state index contributed by atoms with van der Waals surface area (Å²) >= 11 is 0. The number of carbonyl (C=O) groups is 2. The second kappa shape index (κ2) is 9.34. The number of ether oxygens (including phenoxy) is 1. The highest BCUT2D eigenvalue weighted by Crippen LogP contribution is 2.29. The van der Waals surface area contributed by atoms with Crippen LogP contribution in [0.15, 0.2) is 30.4 Å². The van der Waals surface area contributed by atoms with Crippen LogP contribution in [-0.2, 0) is 9.53 Å². The summed E-state index contributed by atoms with van der Waals surface area (Å²) in [5, 5.41) is 33.3. The monoisotopic (exact) mass is 375 g/mol. The van der Waals surface area contributed by atoms with Gasteiger partial charge in [-0.25, -0.2) is 4.79 Å². The molecule has 7 heteroatoms. The van der Waals surface area contributed by atoms with E-state index in [1.54, 1.807) is 19.1 Å². The number of phenols is 1. The van der Waals surface area contributed by atoms with Crippen LogP contribution in [0.5, 0.6) is 5.75 Å². The molecule has 1 heterocycles. The van der Waals surface area contributed by atoms with Gasteiger partial charge in [-0.1, -0.05) is 18.2 Å². The molecule has 146 valence electrons. The molecule has 0 aromatic heterocycles. The van der Waals surface area contributed by atoms with Crippen LogP contribution < -0.4 is 5.32 Å². The number of aliphatic hydroxyl groups is 2. The quantitative estimate of drug-likeness (QED) is 0.585. The summed E-state index contributed by atoms with van der Waals surface area (Å²) in [5.41, 5.74) is 1.05. The lowest BCUT2D eigenvalue weighted by Crippen LogP contribution is -2.32. The van der Waals surface area contributed by atoms with E-state index in [1.807, 2.05) is 6.92 Å². The molecule has 4 N–H and O–H groups in total. The third kappa shape index (κ3) is 5.42. The largest absolute Gasteiger partial charge is 0.507 e. The molecule has 0 fully saturated rings. The number of anilines is 1. The van der Waals surface area contributed by atoms with Crippen LogP contribution in [0.2, 0.25) is 0 Å². The van der Waals surface area contributed by atoms with Gasteiger partial charge in [0.15, 0.2) is 5.78 Å². The minimum atomic E-state index is -1.53. The molecule has 1 aromatic rings. The third-order valence-corrected chi connectivity index (χ3v) is 4.12. The van der Waals surface area contributed by atoms with Gasteiger partial charge in [-0.3, -0.25) is 4.79 Å². The number of hydrogen-bond acceptors (Lipinski definition) is 7. The second-order valence-corrected chi connectivity index (χ2v) is 6.40. The predicted octanol–water partition coefficient (Wildman–Crippen LogP) is 2.02. The number of nitrogens with one attached hydrogen (secondary N) is 1. The molecule has 1 aliphatic rings. The van der Waals surface area contributed by atoms with Crippen LogP contribution in [0.1, 0.15) is 42.6 Å². The van der Waals surface area contributed by atoms with Gasteiger partial charge in [-0.15, -0.1) is 0 Å². The summed E-state index contributed by atoms with van der Waals surface area (Å²) < 4.78 is 5.36. The lowest BCUT2D eigenvalue weighted by atomic mass is 10.0. The van der Waals surface area contributed by atoms with Crippen molar-refractivity contribution in [2.24, 2.45) is 0 Å². The normalized spacial score (nSPS) is 26.4. The zero-order chi connectivity index (χ0) is 20.0. The van der Waals surface area contributed by atoms with E-state index in [1.165, 1.54) is 24.3 Å². The average Bonchev–Trinajstić information content (AvgIpc) is 2.59. The lowest BCUT2D eigenvalue weighted by Gasteiger charge is -2.17. The molecule has 1 aliphatic heterocycles. The minimum absolute atomic E-state index is 0.00215. The number of benzene rings is 1. The van der Waals surface area contributed by atoms with Gasteiger partial charge in [0.05, 0.1) is 6.10 Å². The Hall–Kier alpha value is -2.64. The van der Waals surface area contributed by atoms with Crippen molar-refractivity contribution in [1.82, 2.24) is 0 Å². The van der Waals surface area contributed by atoms with Crippen LogP contribution in [0.25, 0.3) is 6.08 Å². The molecule has 0 saturated heterocycles. The summed E-state index contributed by atoms with van der Waals surface area (Å²) in [6.45, 7) is 4.18. The van der Waals surface area contributed by atoms with E-state index in [2.05, 4.69) is 5.32 Å². The fourth-order valence-corrected chi connectivity index (χ4v) is 2.73. The van der Waals surface area contributed by atoms with E-state index in [0.717, 1.165) is 0 Å². The highest BCUT2D eigenvalue weighted by Gasteiger charge is 2.23. The standard InChI is InChI=1S/C20H25NO6/c1-3-21-14-10-13-7-5-9-16(23)19(25)15(22)8-4-6-12(2)27-20(26)18(13)17(24)11-14/h4-5,7-8,10-12,16,19,21,23-25H,3,6,9H2,1-2H3/b7-5+,8-4+/t12-,16-,19+/m0/s1. The summed E-state index contributed by atoms with van der Waals surface area (Å²) in [4.78, 5) is 24.4. The zero-order valence-corrected chi connectivity index (χ0v) is 15.4. The summed E-state index contributed by atoms with van der Waals surface area (Å²) in [6, 6.07) is 3.13. The molecule has 0 aliphatic carbocycles. The summed E-state index contributed by atoms with van der Waals surface area (Å²) in [7, 11) is 0. The van der Waals surface area contributed by atoms with E-state index in [4.69, 9.17) is 4.74 Å². The first-order valence-corrected chi connectivity index (χ1v) is 8.88. The van der Waals surface area contributed by atoms with Gasteiger partial charge in [0.1, 0.15) is 23.5 Å². The Morgan fingerprint density at radius 1 is 1.15 bits per heavy atom. The SMILES string of the molecule is CCNc1cc(O)c2c(c1)/C=C/C[C@H](O)[C@H](O)C(=O)/C=C/C[C@H](C)OC2=O. The number of phenolic OH excluding ortho intramolecular Hbond substituents is 1. The van der Waals surface area contributed by atoms with E-state index >= 15 is 0 Å². The van der Waals surface area contributed by atoms with Gasteiger partial charge in [-0.05, 0) is 38.0 Å². The number of aliphatic hydroxyl groups excluding tert-OH is 2. The van der Waals surface area contributed by atoms with E-state index in [-0.39, 0.29) is 24.2 Å². The Balaban J connectivity index is 2.45. The number of cyclic esters (lactones) is 1. The Kier molecular flexibility index (Phi) is 7.15. The smallest absolute Gasteiger partial charge is 0.342 e. The van der Waals surface area contributed by atoms with Crippen LogP contribution in [0, 0.1) is 0 Å². The Morgan fingerprint density at radius 3 is 2.56 bits per heavy atom. The van der Waals surface area contributed by atoms with E-state index in [9.17, 15) is 24.9 Å². The Labute approximate surface area is 158 Å². The maximum atomic E-state index is 12.5. The number of aromatic hydroxyl groups is 1. The second-order valence-electron chi connectivity index (χ2n) is 6.40. The Morgan fingerprint density at radius 2 is 1.85 bits per heavy atom. The molecule has 27 heavy (non-hydrogen) atoms. The van der Waals surface area contributed by atoms with Gasteiger partial charge in [0.2, 0.25) is 0 Å². The highest BCUT2D eigenvalue weighted by molar-refractivity contribution is 5.97. The molecule has 3 atom stereocenters. The maximum Gasteiger partial charge on any atom is 0.342 e. The van der Waals surface area contributed by atoms with Crippen LogP contribution in [0.4, 0.5) is 5.69 Å².